The summed E-state index contributed by atoms with van der Waals surface area (Å²) in [7, 11) is 1.63. The highest BCUT2D eigenvalue weighted by atomic mass is 32.2. The summed E-state index contributed by atoms with van der Waals surface area (Å²) >= 11 is 1.35. The van der Waals surface area contributed by atoms with E-state index >= 15 is 0 Å². The van der Waals surface area contributed by atoms with Crippen LogP contribution in [0.15, 0.2) is 66.1 Å². The van der Waals surface area contributed by atoms with Crippen molar-refractivity contribution in [2.45, 2.75) is 18.5 Å². The first kappa shape index (κ1) is 21.8. The molecule has 4 rings (SSSR count). The molecule has 0 aliphatic rings. The maximum atomic E-state index is 13.2. The molecule has 0 spiro atoms. The summed E-state index contributed by atoms with van der Waals surface area (Å²) < 4.78 is 20.1. The molecule has 164 valence electrons. The number of rotatable bonds is 8. The van der Waals surface area contributed by atoms with Crippen molar-refractivity contribution in [3.8, 4) is 11.4 Å². The molecular weight excluding hydrogens is 429 g/mol. The topological polar surface area (TPSA) is 73.1 Å². The Morgan fingerprint density at radius 2 is 1.88 bits per heavy atom. The standard InChI is InChI=1S/C23H22FN5O2S/c1-3-28(13-16-4-10-19(31-2)11-5-16)21(30)14-32-23-20-12-27-29(22(20)25-15-26-23)18-8-6-17(24)7-9-18/h4-12,15H,3,13-14H2,1-2H3. The van der Waals surface area contributed by atoms with E-state index < -0.39 is 0 Å². The molecule has 1 amide bonds. The fourth-order valence-electron chi connectivity index (χ4n) is 3.26. The molecule has 4 aromatic rings. The van der Waals surface area contributed by atoms with Crippen LogP contribution in [-0.4, -0.2) is 50.0 Å². The van der Waals surface area contributed by atoms with Gasteiger partial charge in [-0.1, -0.05) is 23.9 Å². The van der Waals surface area contributed by atoms with Gasteiger partial charge in [-0.15, -0.1) is 0 Å². The summed E-state index contributed by atoms with van der Waals surface area (Å²) in [6.07, 6.45) is 3.12. The van der Waals surface area contributed by atoms with Crippen LogP contribution in [0.4, 0.5) is 4.39 Å². The average molecular weight is 452 g/mol. The third-order valence-corrected chi connectivity index (χ3v) is 5.99. The Bertz CT molecular complexity index is 1210. The molecule has 0 N–H and O–H groups in total. The predicted octanol–water partition coefficient (Wildman–Crippen LogP) is 4.10. The van der Waals surface area contributed by atoms with E-state index in [1.54, 1.807) is 35.0 Å². The molecule has 0 unspecified atom stereocenters. The van der Waals surface area contributed by atoms with Crippen molar-refractivity contribution in [3.63, 3.8) is 0 Å². The second-order valence-electron chi connectivity index (χ2n) is 6.99. The molecule has 0 atom stereocenters. The highest BCUT2D eigenvalue weighted by Crippen LogP contribution is 2.26. The largest absolute Gasteiger partial charge is 0.497 e. The lowest BCUT2D eigenvalue weighted by Crippen LogP contribution is -2.31. The van der Waals surface area contributed by atoms with Crippen LogP contribution in [0.5, 0.6) is 5.75 Å². The van der Waals surface area contributed by atoms with Gasteiger partial charge >= 0.3 is 0 Å². The molecule has 2 aromatic carbocycles. The van der Waals surface area contributed by atoms with Gasteiger partial charge in [0.2, 0.25) is 5.91 Å². The zero-order chi connectivity index (χ0) is 22.5. The predicted molar refractivity (Wildman–Crippen MR) is 121 cm³/mol. The van der Waals surface area contributed by atoms with Crippen molar-refractivity contribution >= 4 is 28.7 Å². The Labute approximate surface area is 189 Å². The first-order valence-electron chi connectivity index (χ1n) is 10.1. The number of hydrogen-bond acceptors (Lipinski definition) is 6. The Morgan fingerprint density at radius 1 is 1.12 bits per heavy atom. The van der Waals surface area contributed by atoms with Crippen LogP contribution in [0.1, 0.15) is 12.5 Å². The third-order valence-electron chi connectivity index (χ3n) is 5.00. The van der Waals surface area contributed by atoms with Gasteiger partial charge in [-0.05, 0) is 48.9 Å². The monoisotopic (exact) mass is 451 g/mol. The van der Waals surface area contributed by atoms with Crippen LogP contribution in [0.2, 0.25) is 0 Å². The van der Waals surface area contributed by atoms with Gasteiger partial charge in [-0.25, -0.2) is 19.0 Å². The molecule has 9 heteroatoms. The lowest BCUT2D eigenvalue weighted by atomic mass is 10.2. The van der Waals surface area contributed by atoms with E-state index in [2.05, 4.69) is 15.1 Å². The fraction of sp³-hybridized carbons (Fsp3) is 0.217. The average Bonchev–Trinajstić information content (AvgIpc) is 3.26. The molecule has 0 radical (unpaired) electrons. The molecule has 0 bridgehead atoms. The van der Waals surface area contributed by atoms with Crippen LogP contribution in [0.3, 0.4) is 0 Å². The third kappa shape index (κ3) is 4.72. The second kappa shape index (κ2) is 9.78. The number of hydrogen-bond donors (Lipinski definition) is 0. The quantitative estimate of drug-likeness (QED) is 0.297. The maximum Gasteiger partial charge on any atom is 0.233 e. The summed E-state index contributed by atoms with van der Waals surface area (Å²) in [4.78, 5) is 23.3. The minimum absolute atomic E-state index is 0.0195. The number of methoxy groups -OCH3 is 1. The zero-order valence-electron chi connectivity index (χ0n) is 17.7. The molecule has 2 heterocycles. The van der Waals surface area contributed by atoms with Gasteiger partial charge in [0, 0.05) is 13.1 Å². The number of ether oxygens (including phenoxy) is 1. The van der Waals surface area contributed by atoms with Crippen molar-refractivity contribution in [2.75, 3.05) is 19.4 Å². The van der Waals surface area contributed by atoms with Crippen molar-refractivity contribution in [3.05, 3.63) is 72.4 Å². The van der Waals surface area contributed by atoms with Gasteiger partial charge in [0.1, 0.15) is 22.9 Å². The van der Waals surface area contributed by atoms with Crippen molar-refractivity contribution in [2.24, 2.45) is 0 Å². The Balaban J connectivity index is 1.47. The molecule has 0 saturated heterocycles. The minimum Gasteiger partial charge on any atom is -0.497 e. The molecule has 0 saturated carbocycles. The number of benzene rings is 2. The number of carbonyl (C=O) groups excluding carboxylic acids is 1. The number of amides is 1. The molecular formula is C23H22FN5O2S. The molecule has 32 heavy (non-hydrogen) atoms. The number of carbonyl (C=O) groups is 1. The van der Waals surface area contributed by atoms with E-state index in [1.165, 1.54) is 30.2 Å². The number of halogens is 1. The number of aromatic nitrogens is 4. The van der Waals surface area contributed by atoms with Crippen LogP contribution in [0.25, 0.3) is 16.7 Å². The van der Waals surface area contributed by atoms with Crippen molar-refractivity contribution < 1.29 is 13.9 Å². The summed E-state index contributed by atoms with van der Waals surface area (Å²) in [6, 6.07) is 13.7. The van der Waals surface area contributed by atoms with Crippen molar-refractivity contribution in [1.29, 1.82) is 0 Å². The molecule has 0 aliphatic heterocycles. The lowest BCUT2D eigenvalue weighted by molar-refractivity contribution is -0.128. The van der Waals surface area contributed by atoms with Crippen LogP contribution < -0.4 is 4.74 Å². The van der Waals surface area contributed by atoms with Crippen LogP contribution in [-0.2, 0) is 11.3 Å². The van der Waals surface area contributed by atoms with Crippen LogP contribution >= 0.6 is 11.8 Å². The van der Waals surface area contributed by atoms with Gasteiger partial charge in [0.25, 0.3) is 0 Å². The normalized spacial score (nSPS) is 11.0. The lowest BCUT2D eigenvalue weighted by Gasteiger charge is -2.21. The summed E-state index contributed by atoms with van der Waals surface area (Å²) in [5, 5.41) is 5.80. The first-order chi connectivity index (χ1) is 15.6. The molecule has 0 fully saturated rings. The molecule has 2 aromatic heterocycles. The Hall–Kier alpha value is -3.46. The zero-order valence-corrected chi connectivity index (χ0v) is 18.6. The van der Waals surface area contributed by atoms with E-state index in [1.807, 2.05) is 31.2 Å². The second-order valence-corrected chi connectivity index (χ2v) is 7.96. The van der Waals surface area contributed by atoms with Crippen molar-refractivity contribution in [1.82, 2.24) is 24.6 Å². The number of fused-ring (bicyclic) bond motifs is 1. The number of nitrogens with zero attached hydrogens (tertiary/aromatic N) is 5. The van der Waals surface area contributed by atoms with Gasteiger partial charge in [0.15, 0.2) is 5.65 Å². The first-order valence-corrected chi connectivity index (χ1v) is 11.1. The Kier molecular flexibility index (Phi) is 6.65. The maximum absolute atomic E-state index is 13.2. The SMILES string of the molecule is CCN(Cc1ccc(OC)cc1)C(=O)CSc1ncnc2c1cnn2-c1ccc(F)cc1. The van der Waals surface area contributed by atoms with Gasteiger partial charge in [0.05, 0.1) is 30.1 Å². The number of thioether (sulfide) groups is 1. The van der Waals surface area contributed by atoms with E-state index in [9.17, 15) is 9.18 Å². The summed E-state index contributed by atoms with van der Waals surface area (Å²) in [5.41, 5.74) is 2.34. The summed E-state index contributed by atoms with van der Waals surface area (Å²) in [6.45, 7) is 3.09. The van der Waals surface area contributed by atoms with E-state index in [0.717, 1.165) is 16.7 Å². The Morgan fingerprint density at radius 3 is 2.56 bits per heavy atom. The van der Waals surface area contributed by atoms with E-state index in [4.69, 9.17) is 4.74 Å². The van der Waals surface area contributed by atoms with Gasteiger partial charge in [-0.2, -0.15) is 5.10 Å². The summed E-state index contributed by atoms with van der Waals surface area (Å²) in [5.74, 6) is 0.737. The highest BCUT2D eigenvalue weighted by molar-refractivity contribution is 8.00. The molecule has 7 nitrogen and oxygen atoms in total. The van der Waals surface area contributed by atoms with Gasteiger partial charge < -0.3 is 9.64 Å². The fourth-order valence-corrected chi connectivity index (χ4v) is 4.12. The highest BCUT2D eigenvalue weighted by Gasteiger charge is 2.16. The van der Waals surface area contributed by atoms with E-state index in [-0.39, 0.29) is 17.5 Å². The van der Waals surface area contributed by atoms with Gasteiger partial charge in [-0.3, -0.25) is 4.79 Å². The van der Waals surface area contributed by atoms with E-state index in [0.29, 0.717) is 29.5 Å². The molecule has 0 aliphatic carbocycles. The minimum atomic E-state index is -0.315. The smallest absolute Gasteiger partial charge is 0.233 e. The van der Waals surface area contributed by atoms with Crippen LogP contribution in [0, 0.1) is 5.82 Å².